The molecule has 0 saturated carbocycles. The van der Waals surface area contributed by atoms with Gasteiger partial charge in [-0.2, -0.15) is 11.3 Å². The molecular weight excluding hydrogens is 301 g/mol. The van der Waals surface area contributed by atoms with E-state index in [4.69, 9.17) is 0 Å². The number of pyridine rings is 2. The van der Waals surface area contributed by atoms with Crippen molar-refractivity contribution in [2.75, 3.05) is 4.90 Å². The first-order valence-corrected chi connectivity index (χ1v) is 7.52. The predicted molar refractivity (Wildman–Crippen MR) is 83.3 cm³/mol. The van der Waals surface area contributed by atoms with Crippen molar-refractivity contribution in [2.45, 2.75) is 6.54 Å². The van der Waals surface area contributed by atoms with Gasteiger partial charge in [0.15, 0.2) is 0 Å². The highest BCUT2D eigenvalue weighted by Gasteiger charge is 2.19. The van der Waals surface area contributed by atoms with Crippen molar-refractivity contribution in [3.8, 4) is 0 Å². The number of rotatable bonds is 4. The molecule has 3 rings (SSSR count). The van der Waals surface area contributed by atoms with Gasteiger partial charge in [-0.25, -0.2) is 4.39 Å². The lowest BCUT2D eigenvalue weighted by molar-refractivity contribution is 0.0984. The topological polar surface area (TPSA) is 46.1 Å². The van der Waals surface area contributed by atoms with Crippen LogP contribution in [0.2, 0.25) is 0 Å². The van der Waals surface area contributed by atoms with E-state index in [-0.39, 0.29) is 11.5 Å². The highest BCUT2D eigenvalue weighted by Crippen LogP contribution is 2.20. The average Bonchev–Trinajstić information content (AvgIpc) is 3.06. The average molecular weight is 313 g/mol. The maximum absolute atomic E-state index is 13.3. The Kier molecular flexibility index (Phi) is 4.20. The second kappa shape index (κ2) is 6.44. The summed E-state index contributed by atoms with van der Waals surface area (Å²) in [4.78, 5) is 22.1. The van der Waals surface area contributed by atoms with E-state index >= 15 is 0 Å². The fraction of sp³-hybridized carbons (Fsp3) is 0.0625. The fourth-order valence-electron chi connectivity index (χ4n) is 2.04. The minimum absolute atomic E-state index is 0.207. The summed E-state index contributed by atoms with van der Waals surface area (Å²) in [6.45, 7) is 0.393. The molecule has 4 nitrogen and oxygen atoms in total. The highest BCUT2D eigenvalue weighted by molar-refractivity contribution is 7.07. The number of hydrogen-bond donors (Lipinski definition) is 0. The molecule has 0 fully saturated rings. The summed E-state index contributed by atoms with van der Waals surface area (Å²) in [7, 11) is 0. The molecule has 0 aliphatic carbocycles. The summed E-state index contributed by atoms with van der Waals surface area (Å²) in [6, 6.07) is 6.69. The van der Waals surface area contributed by atoms with Crippen LogP contribution in [0.1, 0.15) is 15.9 Å². The molecule has 110 valence electrons. The normalized spacial score (nSPS) is 10.4. The molecule has 1 amide bonds. The quantitative estimate of drug-likeness (QED) is 0.740. The maximum atomic E-state index is 13.3. The first-order chi connectivity index (χ1) is 10.7. The van der Waals surface area contributed by atoms with Gasteiger partial charge in [-0.3, -0.25) is 14.8 Å². The molecule has 3 heterocycles. The van der Waals surface area contributed by atoms with Crippen LogP contribution < -0.4 is 4.90 Å². The summed E-state index contributed by atoms with van der Waals surface area (Å²) in [6.07, 6.45) is 5.68. The van der Waals surface area contributed by atoms with Crippen molar-refractivity contribution in [1.29, 1.82) is 0 Å². The molecule has 3 aromatic heterocycles. The molecule has 3 aromatic rings. The number of halogens is 1. The van der Waals surface area contributed by atoms with Gasteiger partial charge in [0, 0.05) is 12.4 Å². The second-order valence-electron chi connectivity index (χ2n) is 4.63. The molecule has 0 aliphatic rings. The summed E-state index contributed by atoms with van der Waals surface area (Å²) in [5, 5.41) is 3.92. The van der Waals surface area contributed by atoms with E-state index in [1.165, 1.54) is 12.3 Å². The molecule has 0 N–H and O–H groups in total. The standard InChI is InChI=1S/C16H12FN3OS/c17-14-6-13(7-19-8-14)16(21)20(10-12-3-5-22-11-12)15-2-1-4-18-9-15/h1-9,11H,10H2. The second-order valence-corrected chi connectivity index (χ2v) is 5.41. The van der Waals surface area contributed by atoms with Crippen LogP contribution in [-0.2, 0) is 6.54 Å². The molecule has 0 aromatic carbocycles. The lowest BCUT2D eigenvalue weighted by Gasteiger charge is -2.22. The van der Waals surface area contributed by atoms with Crippen LogP contribution in [0.5, 0.6) is 0 Å². The minimum atomic E-state index is -0.535. The SMILES string of the molecule is O=C(c1cncc(F)c1)N(Cc1ccsc1)c1cccnc1. The summed E-state index contributed by atoms with van der Waals surface area (Å²) in [5.74, 6) is -0.848. The third kappa shape index (κ3) is 3.17. The van der Waals surface area contributed by atoms with Crippen LogP contribution in [0, 0.1) is 5.82 Å². The number of nitrogens with zero attached hydrogens (tertiary/aromatic N) is 3. The number of aromatic nitrogens is 2. The number of anilines is 1. The van der Waals surface area contributed by atoms with Gasteiger partial charge in [0.05, 0.1) is 30.2 Å². The van der Waals surface area contributed by atoms with E-state index in [0.717, 1.165) is 11.8 Å². The molecule has 0 atom stereocenters. The van der Waals surface area contributed by atoms with Crippen molar-refractivity contribution in [2.24, 2.45) is 0 Å². The van der Waals surface area contributed by atoms with E-state index in [2.05, 4.69) is 9.97 Å². The third-order valence-corrected chi connectivity index (χ3v) is 3.81. The highest BCUT2D eigenvalue weighted by atomic mass is 32.1. The summed E-state index contributed by atoms with van der Waals surface area (Å²) in [5.41, 5.74) is 1.87. The van der Waals surface area contributed by atoms with E-state index in [1.807, 2.05) is 16.8 Å². The number of hydrogen-bond acceptors (Lipinski definition) is 4. The van der Waals surface area contributed by atoms with Gasteiger partial charge in [-0.15, -0.1) is 0 Å². The van der Waals surface area contributed by atoms with Crippen molar-refractivity contribution in [3.63, 3.8) is 0 Å². The lowest BCUT2D eigenvalue weighted by atomic mass is 10.2. The summed E-state index contributed by atoms with van der Waals surface area (Å²) >= 11 is 1.56. The number of thiophene rings is 1. The van der Waals surface area contributed by atoms with Gasteiger partial charge in [-0.1, -0.05) is 0 Å². The van der Waals surface area contributed by atoms with Gasteiger partial charge in [-0.05, 0) is 40.6 Å². The van der Waals surface area contributed by atoms with E-state index in [9.17, 15) is 9.18 Å². The molecular formula is C16H12FN3OS. The van der Waals surface area contributed by atoms with Gasteiger partial charge in [0.25, 0.3) is 5.91 Å². The largest absolute Gasteiger partial charge is 0.302 e. The Morgan fingerprint density at radius 1 is 1.23 bits per heavy atom. The van der Waals surface area contributed by atoms with Gasteiger partial charge < -0.3 is 4.90 Å². The van der Waals surface area contributed by atoms with Gasteiger partial charge in [0.1, 0.15) is 5.82 Å². The lowest BCUT2D eigenvalue weighted by Crippen LogP contribution is -2.30. The van der Waals surface area contributed by atoms with Crippen molar-refractivity contribution in [1.82, 2.24) is 9.97 Å². The van der Waals surface area contributed by atoms with Crippen molar-refractivity contribution >= 4 is 22.9 Å². The molecule has 6 heteroatoms. The number of carbonyl (C=O) groups excluding carboxylic acids is 1. The zero-order valence-corrected chi connectivity index (χ0v) is 12.3. The van der Waals surface area contributed by atoms with Crippen LogP contribution in [0.15, 0.2) is 59.8 Å². The molecule has 0 unspecified atom stereocenters. The van der Waals surface area contributed by atoms with Crippen molar-refractivity contribution < 1.29 is 9.18 Å². The summed E-state index contributed by atoms with van der Waals surface area (Å²) < 4.78 is 13.3. The van der Waals surface area contributed by atoms with E-state index < -0.39 is 5.82 Å². The van der Waals surface area contributed by atoms with Crippen molar-refractivity contribution in [3.05, 3.63) is 76.8 Å². The molecule has 0 aliphatic heterocycles. The Morgan fingerprint density at radius 2 is 2.14 bits per heavy atom. The monoisotopic (exact) mass is 313 g/mol. The zero-order valence-electron chi connectivity index (χ0n) is 11.5. The minimum Gasteiger partial charge on any atom is -0.302 e. The zero-order chi connectivity index (χ0) is 15.4. The number of amides is 1. The van der Waals surface area contributed by atoms with Crippen LogP contribution in [0.4, 0.5) is 10.1 Å². The first-order valence-electron chi connectivity index (χ1n) is 6.57. The van der Waals surface area contributed by atoms with Crippen LogP contribution in [0.25, 0.3) is 0 Å². The molecule has 22 heavy (non-hydrogen) atoms. The van der Waals surface area contributed by atoms with E-state index in [1.54, 1.807) is 40.8 Å². The van der Waals surface area contributed by atoms with Gasteiger partial charge in [0.2, 0.25) is 0 Å². The fourth-order valence-corrected chi connectivity index (χ4v) is 2.70. The maximum Gasteiger partial charge on any atom is 0.260 e. The predicted octanol–water partition coefficient (Wildman–Crippen LogP) is 3.52. The van der Waals surface area contributed by atoms with E-state index in [0.29, 0.717) is 12.2 Å². The molecule has 0 spiro atoms. The Morgan fingerprint density at radius 3 is 2.82 bits per heavy atom. The first kappa shape index (κ1) is 14.3. The Labute approximate surface area is 130 Å². The molecule has 0 bridgehead atoms. The van der Waals surface area contributed by atoms with Crippen LogP contribution in [0.3, 0.4) is 0 Å². The Hall–Kier alpha value is -2.60. The molecule has 0 radical (unpaired) electrons. The van der Waals surface area contributed by atoms with Crippen LogP contribution in [-0.4, -0.2) is 15.9 Å². The van der Waals surface area contributed by atoms with Gasteiger partial charge >= 0.3 is 0 Å². The molecule has 0 saturated heterocycles. The Balaban J connectivity index is 1.96. The Bertz CT molecular complexity index is 762. The third-order valence-electron chi connectivity index (χ3n) is 3.08. The van der Waals surface area contributed by atoms with Crippen LogP contribution >= 0.6 is 11.3 Å². The smallest absolute Gasteiger partial charge is 0.260 e. The number of carbonyl (C=O) groups is 1.